The second-order valence-corrected chi connectivity index (χ2v) is 10.1. The van der Waals surface area contributed by atoms with E-state index in [1.807, 2.05) is 19.9 Å². The van der Waals surface area contributed by atoms with Crippen LogP contribution in [-0.4, -0.2) is 48.1 Å². The van der Waals surface area contributed by atoms with Crippen LogP contribution >= 0.6 is 0 Å². The molecule has 2 aliphatic rings. The Morgan fingerprint density at radius 3 is 2.68 bits per heavy atom. The van der Waals surface area contributed by atoms with Crippen LogP contribution in [0.15, 0.2) is 41.4 Å². The predicted octanol–water partition coefficient (Wildman–Crippen LogP) is 2.48. The summed E-state index contributed by atoms with van der Waals surface area (Å²) in [6.45, 7) is 5.63. The number of aromatic nitrogens is 1. The van der Waals surface area contributed by atoms with Crippen LogP contribution in [-0.2, 0) is 26.0 Å². The first-order chi connectivity index (χ1) is 14.7. The molecule has 31 heavy (non-hydrogen) atoms. The molecular formula is C22H26N4O4S. The number of nitrogens with zero attached hydrogens (tertiary/aromatic N) is 3. The standard InChI is InChI=1S/C22H26N4O4S/c1-14-8-9-23-21(11-14)24-22(28)20-5-4-10-25(20)31(29,30)18-6-7-19-17(13-18)12-15(2)26(19)16(3)27/h6-9,11,13,15,20H,4-5,10,12H2,1-3H3,(H,23,24,28)/t15-,20-/m1/s1. The summed E-state index contributed by atoms with van der Waals surface area (Å²) in [6, 6.07) is 7.62. The normalized spacial score (nSPS) is 21.2. The Morgan fingerprint density at radius 2 is 1.97 bits per heavy atom. The molecule has 9 heteroatoms. The molecule has 2 atom stereocenters. The van der Waals surface area contributed by atoms with Crippen LogP contribution in [0.5, 0.6) is 0 Å². The zero-order valence-corrected chi connectivity index (χ0v) is 18.6. The number of fused-ring (bicyclic) bond motifs is 1. The minimum Gasteiger partial charge on any atom is -0.309 e. The van der Waals surface area contributed by atoms with Crippen LogP contribution in [0.1, 0.15) is 37.8 Å². The van der Waals surface area contributed by atoms with Gasteiger partial charge in [-0.3, -0.25) is 9.59 Å². The van der Waals surface area contributed by atoms with Gasteiger partial charge in [0.05, 0.1) is 4.90 Å². The van der Waals surface area contributed by atoms with Gasteiger partial charge in [-0.2, -0.15) is 4.31 Å². The second-order valence-electron chi connectivity index (χ2n) is 8.21. The van der Waals surface area contributed by atoms with Crippen LogP contribution in [0.2, 0.25) is 0 Å². The lowest BCUT2D eigenvalue weighted by Crippen LogP contribution is -2.43. The fourth-order valence-corrected chi connectivity index (χ4v) is 6.19. The Bertz CT molecular complexity index is 1150. The van der Waals surface area contributed by atoms with Gasteiger partial charge in [0.2, 0.25) is 21.8 Å². The van der Waals surface area contributed by atoms with Crippen molar-refractivity contribution in [3.8, 4) is 0 Å². The monoisotopic (exact) mass is 442 g/mol. The Kier molecular flexibility index (Phi) is 5.57. The van der Waals surface area contributed by atoms with E-state index in [1.165, 1.54) is 17.3 Å². The summed E-state index contributed by atoms with van der Waals surface area (Å²) >= 11 is 0. The third-order valence-electron chi connectivity index (χ3n) is 5.89. The van der Waals surface area contributed by atoms with Gasteiger partial charge in [-0.1, -0.05) is 0 Å². The number of hydrogen-bond acceptors (Lipinski definition) is 5. The lowest BCUT2D eigenvalue weighted by Gasteiger charge is -2.24. The number of pyridine rings is 1. The van der Waals surface area contributed by atoms with Crippen molar-refractivity contribution in [1.29, 1.82) is 0 Å². The summed E-state index contributed by atoms with van der Waals surface area (Å²) in [4.78, 5) is 30.8. The zero-order valence-electron chi connectivity index (χ0n) is 17.8. The van der Waals surface area contributed by atoms with E-state index in [-0.39, 0.29) is 29.3 Å². The largest absolute Gasteiger partial charge is 0.309 e. The van der Waals surface area contributed by atoms with Crippen molar-refractivity contribution in [3.63, 3.8) is 0 Å². The molecule has 2 amide bonds. The first-order valence-corrected chi connectivity index (χ1v) is 11.8. The molecule has 0 spiro atoms. The summed E-state index contributed by atoms with van der Waals surface area (Å²) in [5.41, 5.74) is 2.53. The number of nitrogens with one attached hydrogen (secondary N) is 1. The van der Waals surface area contributed by atoms with Crippen LogP contribution in [0.4, 0.5) is 11.5 Å². The van der Waals surface area contributed by atoms with Crippen molar-refractivity contribution in [2.24, 2.45) is 0 Å². The topological polar surface area (TPSA) is 99.7 Å². The summed E-state index contributed by atoms with van der Waals surface area (Å²) in [5, 5.41) is 2.74. The molecule has 1 aromatic heterocycles. The molecule has 3 heterocycles. The number of rotatable bonds is 4. The van der Waals surface area contributed by atoms with E-state index in [9.17, 15) is 18.0 Å². The summed E-state index contributed by atoms with van der Waals surface area (Å²) in [7, 11) is -3.86. The van der Waals surface area contributed by atoms with Gasteiger partial charge in [-0.05, 0) is 74.6 Å². The molecule has 0 aliphatic carbocycles. The highest BCUT2D eigenvalue weighted by Crippen LogP contribution is 2.35. The Hall–Kier alpha value is -2.78. The minimum atomic E-state index is -3.86. The maximum absolute atomic E-state index is 13.4. The molecule has 0 unspecified atom stereocenters. The van der Waals surface area contributed by atoms with E-state index in [2.05, 4.69) is 10.3 Å². The van der Waals surface area contributed by atoms with E-state index in [0.717, 1.165) is 16.8 Å². The van der Waals surface area contributed by atoms with Crippen molar-refractivity contribution in [2.75, 3.05) is 16.8 Å². The van der Waals surface area contributed by atoms with E-state index in [1.54, 1.807) is 29.3 Å². The number of benzene rings is 1. The number of carbonyl (C=O) groups is 2. The maximum atomic E-state index is 13.4. The smallest absolute Gasteiger partial charge is 0.243 e. The van der Waals surface area contributed by atoms with E-state index in [4.69, 9.17) is 0 Å². The first kappa shape index (κ1) is 21.5. The van der Waals surface area contributed by atoms with Crippen molar-refractivity contribution < 1.29 is 18.0 Å². The summed E-state index contributed by atoms with van der Waals surface area (Å²) in [5.74, 6) is -0.0373. The molecule has 1 N–H and O–H groups in total. The highest BCUT2D eigenvalue weighted by atomic mass is 32.2. The van der Waals surface area contributed by atoms with Gasteiger partial charge in [0, 0.05) is 31.4 Å². The number of sulfonamides is 1. The molecule has 2 aromatic rings. The van der Waals surface area contributed by atoms with Gasteiger partial charge in [-0.25, -0.2) is 13.4 Å². The SMILES string of the molecule is CC(=O)N1c2ccc(S(=O)(=O)N3CCC[C@@H]3C(=O)Nc3cc(C)ccn3)cc2C[C@H]1C. The molecule has 1 fully saturated rings. The summed E-state index contributed by atoms with van der Waals surface area (Å²) in [6.07, 6.45) is 3.26. The van der Waals surface area contributed by atoms with Gasteiger partial charge >= 0.3 is 0 Å². The Labute approximate surface area is 182 Å². The molecular weight excluding hydrogens is 416 g/mol. The maximum Gasteiger partial charge on any atom is 0.243 e. The molecule has 0 bridgehead atoms. The highest BCUT2D eigenvalue weighted by Gasteiger charge is 2.40. The average Bonchev–Trinajstić information content (AvgIpc) is 3.31. The quantitative estimate of drug-likeness (QED) is 0.784. The molecule has 8 nitrogen and oxygen atoms in total. The third kappa shape index (κ3) is 3.95. The van der Waals surface area contributed by atoms with Gasteiger partial charge in [0.1, 0.15) is 11.9 Å². The zero-order chi connectivity index (χ0) is 22.3. The minimum absolute atomic E-state index is 0.0161. The first-order valence-electron chi connectivity index (χ1n) is 10.4. The molecule has 4 rings (SSSR count). The number of amides is 2. The van der Waals surface area contributed by atoms with Crippen LogP contribution in [0, 0.1) is 6.92 Å². The van der Waals surface area contributed by atoms with Crippen molar-refractivity contribution in [1.82, 2.24) is 9.29 Å². The van der Waals surface area contributed by atoms with Gasteiger partial charge in [0.15, 0.2) is 0 Å². The fraction of sp³-hybridized carbons (Fsp3) is 0.409. The molecule has 164 valence electrons. The number of carbonyl (C=O) groups excluding carboxylic acids is 2. The number of hydrogen-bond donors (Lipinski definition) is 1. The second kappa shape index (κ2) is 8.05. The lowest BCUT2D eigenvalue weighted by atomic mass is 10.1. The number of aryl methyl sites for hydroxylation is 1. The lowest BCUT2D eigenvalue weighted by molar-refractivity contribution is -0.119. The van der Waals surface area contributed by atoms with Crippen molar-refractivity contribution in [3.05, 3.63) is 47.7 Å². The van der Waals surface area contributed by atoms with E-state index >= 15 is 0 Å². The molecule has 1 saturated heterocycles. The van der Waals surface area contributed by atoms with Crippen molar-refractivity contribution >= 4 is 33.3 Å². The predicted molar refractivity (Wildman–Crippen MR) is 117 cm³/mol. The molecule has 0 saturated carbocycles. The third-order valence-corrected chi connectivity index (χ3v) is 7.79. The van der Waals surface area contributed by atoms with Gasteiger partial charge in [0.25, 0.3) is 0 Å². The Morgan fingerprint density at radius 1 is 1.19 bits per heavy atom. The van der Waals surface area contributed by atoms with Gasteiger partial charge < -0.3 is 10.2 Å². The molecule has 2 aliphatic heterocycles. The van der Waals surface area contributed by atoms with Crippen molar-refractivity contribution in [2.45, 2.75) is 57.0 Å². The molecule has 1 aromatic carbocycles. The highest BCUT2D eigenvalue weighted by molar-refractivity contribution is 7.89. The van der Waals surface area contributed by atoms with E-state index in [0.29, 0.717) is 25.1 Å². The summed E-state index contributed by atoms with van der Waals surface area (Å²) < 4.78 is 28.1. The van der Waals surface area contributed by atoms with Crippen LogP contribution in [0.25, 0.3) is 0 Å². The van der Waals surface area contributed by atoms with Gasteiger partial charge in [-0.15, -0.1) is 0 Å². The molecule has 0 radical (unpaired) electrons. The van der Waals surface area contributed by atoms with Crippen LogP contribution in [0.3, 0.4) is 0 Å². The fourth-order valence-electron chi connectivity index (χ4n) is 4.49. The number of anilines is 2. The Balaban J connectivity index is 1.59. The van der Waals surface area contributed by atoms with Crippen LogP contribution < -0.4 is 10.2 Å². The van der Waals surface area contributed by atoms with E-state index < -0.39 is 16.1 Å². The average molecular weight is 443 g/mol.